The van der Waals surface area contributed by atoms with E-state index in [9.17, 15) is 0 Å². The second-order valence-corrected chi connectivity index (χ2v) is 17.3. The number of quaternary nitrogens is 2. The molecular formula is C50H42Cl4N10O2Zn. The minimum Gasteiger partial charge on any atom is -1.00 e. The Kier molecular flexibility index (Phi) is 14.5. The number of H-pyrrole nitrogens is 2. The molecule has 9 aromatic rings. The molecule has 0 saturated heterocycles. The van der Waals surface area contributed by atoms with Gasteiger partial charge in [0.25, 0.3) is 0 Å². The van der Waals surface area contributed by atoms with Crippen LogP contribution >= 0.6 is 0 Å². The summed E-state index contributed by atoms with van der Waals surface area (Å²) in [5, 5.41) is 3.33. The van der Waals surface area contributed by atoms with Gasteiger partial charge in [0.05, 0.1) is 53.2 Å². The summed E-state index contributed by atoms with van der Waals surface area (Å²) in [5.74, 6) is 4.57. The first-order valence-electron chi connectivity index (χ1n) is 20.4. The molecule has 0 aliphatic carbocycles. The van der Waals surface area contributed by atoms with E-state index in [1.807, 2.05) is 109 Å². The van der Waals surface area contributed by atoms with Crippen molar-refractivity contribution in [2.75, 3.05) is 42.3 Å². The molecule has 0 amide bonds. The van der Waals surface area contributed by atoms with Crippen LogP contribution in [0.1, 0.15) is 0 Å². The number of hydrogen-bond donors (Lipinski definition) is 2. The van der Waals surface area contributed by atoms with Gasteiger partial charge in [-0.1, -0.05) is 84.9 Å². The average molecular weight is 1020 g/mol. The SMILES string of the molecule is C[N+](C)(C)c1cccc(Oc2cccc3c2-c2nc-3nc3[nH]c(nc4nc(nc5[nH]c(n2)c2cccc(Oc6cccc([N+](C)(C)C)c6)c52)-c2ccccc2-4)c2ccccc32)c1.[Cl-].[Cl-].[Cl-].[Cl-].[Zn+2]. The van der Waals surface area contributed by atoms with Crippen molar-refractivity contribution in [1.29, 1.82) is 0 Å². The maximum atomic E-state index is 6.75. The largest absolute Gasteiger partial charge is 2.00 e. The number of benzene rings is 6. The second-order valence-electron chi connectivity index (χ2n) is 17.3. The predicted octanol–water partition coefficient (Wildman–Crippen LogP) is -1.14. The number of halogens is 4. The van der Waals surface area contributed by atoms with Crippen LogP contribution in [0, 0.1) is 0 Å². The molecule has 8 bridgehead atoms. The van der Waals surface area contributed by atoms with Crippen LogP contribution in [0.4, 0.5) is 11.4 Å². The van der Waals surface area contributed by atoms with Crippen molar-refractivity contribution in [3.8, 4) is 68.5 Å². The Morgan fingerprint density at radius 2 is 0.791 bits per heavy atom. The fraction of sp³-hybridized carbons (Fsp3) is 0.120. The molecular weight excluding hydrogens is 980 g/mol. The van der Waals surface area contributed by atoms with E-state index in [-0.39, 0.29) is 69.1 Å². The number of aromatic nitrogens is 8. The van der Waals surface area contributed by atoms with Gasteiger partial charge in [0.2, 0.25) is 0 Å². The molecule has 0 saturated carbocycles. The fourth-order valence-electron chi connectivity index (χ4n) is 8.08. The third-order valence-corrected chi connectivity index (χ3v) is 11.3. The van der Waals surface area contributed by atoms with Gasteiger partial charge in [0.15, 0.2) is 23.3 Å². The molecule has 2 aliphatic heterocycles. The summed E-state index contributed by atoms with van der Waals surface area (Å²) in [6.45, 7) is 0. The summed E-state index contributed by atoms with van der Waals surface area (Å²) >= 11 is 0. The van der Waals surface area contributed by atoms with Crippen LogP contribution in [0.3, 0.4) is 0 Å². The first kappa shape index (κ1) is 50.4. The van der Waals surface area contributed by atoms with Crippen molar-refractivity contribution < 1.29 is 78.6 Å². The molecule has 12 nitrogen and oxygen atoms in total. The van der Waals surface area contributed by atoms with Crippen molar-refractivity contribution in [1.82, 2.24) is 48.8 Å². The van der Waals surface area contributed by atoms with Crippen molar-refractivity contribution in [2.45, 2.75) is 0 Å². The first-order valence-corrected chi connectivity index (χ1v) is 20.4. The van der Waals surface area contributed by atoms with Crippen molar-refractivity contribution in [3.63, 3.8) is 0 Å². The van der Waals surface area contributed by atoms with Crippen LogP contribution in [-0.4, -0.2) is 82.2 Å². The smallest absolute Gasteiger partial charge is 1.00 e. The van der Waals surface area contributed by atoms with Gasteiger partial charge in [-0.3, -0.25) is 8.97 Å². The molecule has 67 heavy (non-hydrogen) atoms. The maximum Gasteiger partial charge on any atom is 2.00 e. The van der Waals surface area contributed by atoms with Gasteiger partial charge in [-0.25, -0.2) is 29.9 Å². The van der Waals surface area contributed by atoms with Crippen molar-refractivity contribution >= 4 is 55.5 Å². The Balaban J connectivity index is 0.00000148. The first-order chi connectivity index (χ1) is 29.9. The number of fused-ring (bicyclic) bond motifs is 20. The van der Waals surface area contributed by atoms with E-state index in [1.165, 1.54) is 0 Å². The molecule has 3 aromatic heterocycles. The van der Waals surface area contributed by atoms with Gasteiger partial charge < -0.3 is 69.1 Å². The van der Waals surface area contributed by atoms with Crippen molar-refractivity contribution in [3.05, 3.63) is 133 Å². The number of ether oxygens (including phenoxy) is 2. The van der Waals surface area contributed by atoms with Crippen molar-refractivity contribution in [2.24, 2.45) is 0 Å². The summed E-state index contributed by atoms with van der Waals surface area (Å²) in [7, 11) is 12.8. The summed E-state index contributed by atoms with van der Waals surface area (Å²) in [6, 6.07) is 44.2. The number of nitrogens with one attached hydrogen (secondary N) is 2. The third-order valence-electron chi connectivity index (χ3n) is 11.3. The third kappa shape index (κ3) is 9.21. The van der Waals surface area contributed by atoms with Crippen LogP contribution in [0.5, 0.6) is 23.0 Å². The van der Waals surface area contributed by atoms with Gasteiger partial charge in [0, 0.05) is 45.0 Å². The topological polar surface area (TPSA) is 127 Å². The summed E-state index contributed by atoms with van der Waals surface area (Å²) in [4.78, 5) is 38.3. The zero-order valence-electron chi connectivity index (χ0n) is 37.3. The predicted molar refractivity (Wildman–Crippen MR) is 248 cm³/mol. The van der Waals surface area contributed by atoms with Gasteiger partial charge >= 0.3 is 19.5 Å². The van der Waals surface area contributed by atoms with Gasteiger partial charge in [0.1, 0.15) is 57.0 Å². The number of hydrogen-bond acceptors (Lipinski definition) is 8. The Hall–Kier alpha value is -6.02. The minimum atomic E-state index is 0. The Morgan fingerprint density at radius 1 is 0.388 bits per heavy atom. The molecule has 0 spiro atoms. The molecule has 0 radical (unpaired) electrons. The monoisotopic (exact) mass is 1020 g/mol. The summed E-state index contributed by atoms with van der Waals surface area (Å²) in [5.41, 5.74) is 7.73. The second kappa shape index (κ2) is 19.3. The van der Waals surface area contributed by atoms with Crippen LogP contribution < -0.4 is 68.1 Å². The zero-order valence-corrected chi connectivity index (χ0v) is 43.3. The van der Waals surface area contributed by atoms with Gasteiger partial charge in [-0.15, -0.1) is 0 Å². The Bertz CT molecular complexity index is 3500. The molecule has 0 atom stereocenters. The molecule has 0 unspecified atom stereocenters. The molecule has 0 fully saturated rings. The minimum absolute atomic E-state index is 0. The number of aromatic amines is 2. The van der Waals surface area contributed by atoms with E-state index in [0.717, 1.165) is 49.6 Å². The van der Waals surface area contributed by atoms with E-state index < -0.39 is 0 Å². The van der Waals surface area contributed by atoms with E-state index >= 15 is 0 Å². The maximum absolute atomic E-state index is 6.75. The molecule has 6 aromatic carbocycles. The van der Waals surface area contributed by atoms with Crippen LogP contribution in [0.15, 0.2) is 133 Å². The molecule has 334 valence electrons. The van der Waals surface area contributed by atoms with E-state index in [1.54, 1.807) is 0 Å². The summed E-state index contributed by atoms with van der Waals surface area (Å²) in [6.07, 6.45) is 0. The standard InChI is InChI=1S/C50H42N10O2.4ClH.Zn/c1-59(2,3)29-15-11-17-31(27-29)61-39-25-13-23-37-41(39)50-56-47(37)54-45-34-20-8-7-19-33(34)43(52-45)51-44-35-21-9-10-22-36(35)46(53-44)55-49-42-38(48(57-49)58-50)24-14-26-40(42)62-32-18-12-16-30(28-32)60(4,5)6;;;;;/h7-28H,1-6H3,(H2,51,52,53,54,55,56,57,58);4*1H;/q+2;;;;;+2/p-4. The Labute approximate surface area is 424 Å². The molecule has 2 N–H and O–H groups in total. The molecule has 17 heteroatoms. The van der Waals surface area contributed by atoms with E-state index in [4.69, 9.17) is 39.4 Å². The summed E-state index contributed by atoms with van der Waals surface area (Å²) < 4.78 is 14.8. The van der Waals surface area contributed by atoms with Crippen LogP contribution in [0.2, 0.25) is 0 Å². The number of rotatable bonds is 6. The normalized spacial score (nSPS) is 11.4. The Morgan fingerprint density at radius 3 is 1.37 bits per heavy atom. The molecule has 11 rings (SSSR count). The fourth-order valence-corrected chi connectivity index (χ4v) is 8.08. The van der Waals surface area contributed by atoms with E-state index in [0.29, 0.717) is 83.4 Å². The van der Waals surface area contributed by atoms with Crippen LogP contribution in [0.25, 0.3) is 89.7 Å². The van der Waals surface area contributed by atoms with Gasteiger partial charge in [-0.05, 0) is 36.4 Å². The quantitative estimate of drug-likeness (QED) is 0.158. The molecule has 2 aliphatic rings. The van der Waals surface area contributed by atoms with Gasteiger partial charge in [-0.2, -0.15) is 0 Å². The molecule has 5 heterocycles. The number of nitrogens with zero attached hydrogens (tertiary/aromatic N) is 8. The average Bonchev–Trinajstić information content (AvgIpc) is 4.00. The van der Waals surface area contributed by atoms with E-state index in [2.05, 4.69) is 76.5 Å². The zero-order chi connectivity index (χ0) is 42.3. The van der Waals surface area contributed by atoms with Crippen LogP contribution in [-0.2, 0) is 19.5 Å².